The molecule has 0 fully saturated rings. The fourth-order valence-corrected chi connectivity index (χ4v) is 1.55. The van der Waals surface area contributed by atoms with Crippen molar-refractivity contribution in [3.05, 3.63) is 28.2 Å². The Kier molecular flexibility index (Phi) is 3.71. The van der Waals surface area contributed by atoms with E-state index in [1.807, 2.05) is 6.07 Å². The highest BCUT2D eigenvalue weighted by molar-refractivity contribution is 9.10. The summed E-state index contributed by atoms with van der Waals surface area (Å²) in [7, 11) is 0. The van der Waals surface area contributed by atoms with Crippen LogP contribution in [0.3, 0.4) is 0 Å². The molecule has 0 unspecified atom stereocenters. The van der Waals surface area contributed by atoms with Gasteiger partial charge in [0.1, 0.15) is 5.75 Å². The molecule has 0 heterocycles. The summed E-state index contributed by atoms with van der Waals surface area (Å²) >= 11 is 3.23. The second-order valence-electron chi connectivity index (χ2n) is 2.86. The molecule has 0 saturated carbocycles. The molecule has 0 spiro atoms. The van der Waals surface area contributed by atoms with Crippen LogP contribution in [0.15, 0.2) is 22.7 Å². The smallest absolute Gasteiger partial charge is 0.134 e. The first-order valence-corrected chi connectivity index (χ1v) is 4.89. The van der Waals surface area contributed by atoms with E-state index in [0.29, 0.717) is 17.4 Å². The molecule has 1 aromatic carbocycles. The molecule has 0 aliphatic rings. The normalized spacial score (nSPS) is 12.8. The third-order valence-corrected chi connectivity index (χ3v) is 2.54. The van der Waals surface area contributed by atoms with Crippen LogP contribution < -0.4 is 11.5 Å². The van der Waals surface area contributed by atoms with Gasteiger partial charge in [0, 0.05) is 11.6 Å². The summed E-state index contributed by atoms with van der Waals surface area (Å²) in [6.07, 6.45) is 0.671. The number of rotatable bonds is 3. The average molecular weight is 245 g/mol. The lowest BCUT2D eigenvalue weighted by molar-refractivity contribution is 0.456. The second kappa shape index (κ2) is 4.60. The molecule has 0 saturated heterocycles. The van der Waals surface area contributed by atoms with E-state index in [-0.39, 0.29) is 11.8 Å². The second-order valence-corrected chi connectivity index (χ2v) is 3.72. The monoisotopic (exact) mass is 244 g/mol. The van der Waals surface area contributed by atoms with Gasteiger partial charge in [0.25, 0.3) is 0 Å². The van der Waals surface area contributed by atoms with Crippen molar-refractivity contribution < 1.29 is 5.11 Å². The Labute approximate surface area is 85.9 Å². The van der Waals surface area contributed by atoms with E-state index >= 15 is 0 Å². The van der Waals surface area contributed by atoms with E-state index in [0.717, 1.165) is 5.56 Å². The molecule has 0 aliphatic carbocycles. The highest BCUT2D eigenvalue weighted by Gasteiger charge is 2.11. The molecule has 1 rings (SSSR count). The summed E-state index contributed by atoms with van der Waals surface area (Å²) in [6.45, 7) is 0.521. The molecule has 5 N–H and O–H groups in total. The quantitative estimate of drug-likeness (QED) is 0.755. The Balaban J connectivity index is 2.93. The fraction of sp³-hybridized carbons (Fsp3) is 0.333. The lowest BCUT2D eigenvalue weighted by atomic mass is 10.0. The standard InChI is InChI=1S/C9H13BrN2O/c10-7-3-1-2-6(9(7)13)8(12)4-5-11/h1-3,8,13H,4-5,11-12H2/t8-/m1/s1. The van der Waals surface area contributed by atoms with Crippen LogP contribution in [0.2, 0.25) is 0 Å². The van der Waals surface area contributed by atoms with Crippen LogP contribution in [0.25, 0.3) is 0 Å². The molecule has 13 heavy (non-hydrogen) atoms. The first kappa shape index (κ1) is 10.5. The maximum absolute atomic E-state index is 9.63. The Morgan fingerprint density at radius 3 is 2.77 bits per heavy atom. The maximum Gasteiger partial charge on any atom is 0.134 e. The Hall–Kier alpha value is -0.580. The summed E-state index contributed by atoms with van der Waals surface area (Å²) in [5.41, 5.74) is 11.9. The van der Waals surface area contributed by atoms with Gasteiger partial charge in [0.2, 0.25) is 0 Å². The molecule has 1 aromatic rings. The summed E-state index contributed by atoms with van der Waals surface area (Å²) < 4.78 is 0.664. The van der Waals surface area contributed by atoms with Crippen LogP contribution in [0.5, 0.6) is 5.75 Å². The number of para-hydroxylation sites is 1. The van der Waals surface area contributed by atoms with Crippen LogP contribution in [-0.4, -0.2) is 11.7 Å². The van der Waals surface area contributed by atoms with Crippen molar-refractivity contribution >= 4 is 15.9 Å². The summed E-state index contributed by atoms with van der Waals surface area (Å²) in [4.78, 5) is 0. The third-order valence-electron chi connectivity index (χ3n) is 1.90. The molecule has 0 aliphatic heterocycles. The van der Waals surface area contributed by atoms with Gasteiger partial charge >= 0.3 is 0 Å². The Bertz CT molecular complexity index is 291. The minimum atomic E-state index is -0.192. The molecule has 72 valence electrons. The largest absolute Gasteiger partial charge is 0.506 e. The number of phenols is 1. The van der Waals surface area contributed by atoms with Crippen molar-refractivity contribution in [2.24, 2.45) is 11.5 Å². The highest BCUT2D eigenvalue weighted by atomic mass is 79.9. The van der Waals surface area contributed by atoms with Crippen LogP contribution in [0, 0.1) is 0 Å². The molecule has 0 radical (unpaired) electrons. The zero-order valence-corrected chi connectivity index (χ0v) is 8.79. The minimum absolute atomic E-state index is 0.192. The number of aromatic hydroxyl groups is 1. The van der Waals surface area contributed by atoms with Gasteiger partial charge in [-0.15, -0.1) is 0 Å². The number of hydrogen-bond donors (Lipinski definition) is 3. The number of halogens is 1. The number of hydrogen-bond acceptors (Lipinski definition) is 3. The molecule has 0 amide bonds. The third kappa shape index (κ3) is 2.43. The van der Waals surface area contributed by atoms with E-state index in [1.54, 1.807) is 12.1 Å². The topological polar surface area (TPSA) is 72.3 Å². The van der Waals surface area contributed by atoms with Crippen molar-refractivity contribution in [3.63, 3.8) is 0 Å². The lowest BCUT2D eigenvalue weighted by Gasteiger charge is -2.12. The number of nitrogens with two attached hydrogens (primary N) is 2. The van der Waals surface area contributed by atoms with Crippen LogP contribution >= 0.6 is 15.9 Å². The summed E-state index contributed by atoms with van der Waals surface area (Å²) in [5, 5.41) is 9.63. The van der Waals surface area contributed by atoms with Gasteiger partial charge in [0.15, 0.2) is 0 Å². The predicted molar refractivity (Wildman–Crippen MR) is 56.4 cm³/mol. The molecular formula is C9H13BrN2O. The van der Waals surface area contributed by atoms with Crippen molar-refractivity contribution in [1.82, 2.24) is 0 Å². The maximum atomic E-state index is 9.63. The fourth-order valence-electron chi connectivity index (χ4n) is 1.17. The molecule has 0 aromatic heterocycles. The molecule has 0 bridgehead atoms. The molecule has 4 heteroatoms. The van der Waals surface area contributed by atoms with Gasteiger partial charge in [-0.1, -0.05) is 12.1 Å². The molecule has 1 atom stereocenters. The van der Waals surface area contributed by atoms with Crippen LogP contribution in [-0.2, 0) is 0 Å². The summed E-state index contributed by atoms with van der Waals surface area (Å²) in [6, 6.07) is 5.23. The molecular weight excluding hydrogens is 232 g/mol. The first-order chi connectivity index (χ1) is 6.16. The minimum Gasteiger partial charge on any atom is -0.506 e. The van der Waals surface area contributed by atoms with Crippen molar-refractivity contribution in [2.75, 3.05) is 6.54 Å². The lowest BCUT2D eigenvalue weighted by Crippen LogP contribution is -2.15. The first-order valence-electron chi connectivity index (χ1n) is 4.10. The van der Waals surface area contributed by atoms with E-state index < -0.39 is 0 Å². The summed E-state index contributed by atoms with van der Waals surface area (Å²) in [5.74, 6) is 0.212. The number of phenolic OH excluding ortho intramolecular Hbond substituents is 1. The van der Waals surface area contributed by atoms with Crippen molar-refractivity contribution in [1.29, 1.82) is 0 Å². The van der Waals surface area contributed by atoms with Gasteiger partial charge in [-0.25, -0.2) is 0 Å². The SMILES string of the molecule is NCC[C@@H](N)c1cccc(Br)c1O. The van der Waals surface area contributed by atoms with Crippen LogP contribution in [0.1, 0.15) is 18.0 Å². The van der Waals surface area contributed by atoms with E-state index in [4.69, 9.17) is 11.5 Å². The van der Waals surface area contributed by atoms with Crippen molar-refractivity contribution in [2.45, 2.75) is 12.5 Å². The predicted octanol–water partition coefficient (Wildman–Crippen LogP) is 1.50. The zero-order chi connectivity index (χ0) is 9.84. The van der Waals surface area contributed by atoms with Gasteiger partial charge < -0.3 is 16.6 Å². The van der Waals surface area contributed by atoms with Gasteiger partial charge in [0.05, 0.1) is 4.47 Å². The molecule has 3 nitrogen and oxygen atoms in total. The van der Waals surface area contributed by atoms with Gasteiger partial charge in [-0.2, -0.15) is 0 Å². The number of benzene rings is 1. The van der Waals surface area contributed by atoms with Gasteiger partial charge in [-0.3, -0.25) is 0 Å². The zero-order valence-electron chi connectivity index (χ0n) is 7.20. The van der Waals surface area contributed by atoms with Crippen LogP contribution in [0.4, 0.5) is 0 Å². The van der Waals surface area contributed by atoms with E-state index in [9.17, 15) is 5.11 Å². The van der Waals surface area contributed by atoms with E-state index in [2.05, 4.69) is 15.9 Å². The highest BCUT2D eigenvalue weighted by Crippen LogP contribution is 2.31. The Morgan fingerprint density at radius 2 is 2.15 bits per heavy atom. The average Bonchev–Trinajstić information content (AvgIpc) is 2.10. The Morgan fingerprint density at radius 1 is 1.46 bits per heavy atom. The van der Waals surface area contributed by atoms with Crippen molar-refractivity contribution in [3.8, 4) is 5.75 Å². The van der Waals surface area contributed by atoms with E-state index in [1.165, 1.54) is 0 Å². The van der Waals surface area contributed by atoms with Gasteiger partial charge in [-0.05, 0) is 35.0 Å².